The maximum atomic E-state index is 9.33. The van der Waals surface area contributed by atoms with Crippen LogP contribution in [0.25, 0.3) is 0 Å². The van der Waals surface area contributed by atoms with E-state index >= 15 is 0 Å². The van der Waals surface area contributed by atoms with Gasteiger partial charge in [0.05, 0.1) is 6.61 Å². The van der Waals surface area contributed by atoms with E-state index in [2.05, 4.69) is 81.9 Å². The molecule has 0 aromatic heterocycles. The fourth-order valence-corrected chi connectivity index (χ4v) is 7.86. The van der Waals surface area contributed by atoms with Crippen LogP contribution in [-0.2, 0) is 4.43 Å². The minimum atomic E-state index is -2.49. The number of rotatable bonds is 6. The van der Waals surface area contributed by atoms with Gasteiger partial charge in [-0.2, -0.15) is 12.6 Å². The van der Waals surface area contributed by atoms with Crippen LogP contribution in [0.4, 0.5) is 0 Å². The molecule has 0 spiro atoms. The van der Waals surface area contributed by atoms with Crippen LogP contribution in [0.3, 0.4) is 0 Å². The average Bonchev–Trinajstić information content (AvgIpc) is 2.56. The van der Waals surface area contributed by atoms with Crippen molar-refractivity contribution < 1.29 is 9.53 Å². The first kappa shape index (κ1) is 18.3. The van der Waals surface area contributed by atoms with Crippen LogP contribution in [0.1, 0.15) is 20.8 Å². The molecule has 2 nitrogen and oxygen atoms in total. The summed E-state index contributed by atoms with van der Waals surface area (Å²) >= 11 is 4.41. The molecule has 4 heteroatoms. The summed E-state index contributed by atoms with van der Waals surface area (Å²) in [5, 5.41) is 11.6. The maximum absolute atomic E-state index is 9.33. The Morgan fingerprint density at radius 1 is 0.957 bits per heavy atom. The Hall–Kier alpha value is -1.07. The summed E-state index contributed by atoms with van der Waals surface area (Å²) in [6.45, 7) is 7.18. The van der Waals surface area contributed by atoms with Crippen molar-refractivity contribution in [2.45, 2.75) is 31.1 Å². The summed E-state index contributed by atoms with van der Waals surface area (Å²) in [6.07, 6.45) is 0. The van der Waals surface area contributed by atoms with Gasteiger partial charge in [0.25, 0.3) is 8.32 Å². The molecule has 0 aliphatic heterocycles. The molecule has 0 saturated heterocycles. The van der Waals surface area contributed by atoms with Gasteiger partial charge in [-0.1, -0.05) is 81.4 Å². The molecule has 1 atom stereocenters. The second-order valence-corrected chi connectivity index (χ2v) is 11.8. The highest BCUT2D eigenvalue weighted by Crippen LogP contribution is 2.36. The van der Waals surface area contributed by atoms with Gasteiger partial charge in [-0.15, -0.1) is 0 Å². The Morgan fingerprint density at radius 3 is 1.74 bits per heavy atom. The first-order valence-corrected chi connectivity index (χ1v) is 10.4. The Kier molecular flexibility index (Phi) is 6.09. The zero-order valence-corrected chi connectivity index (χ0v) is 16.0. The molecule has 0 saturated carbocycles. The van der Waals surface area contributed by atoms with E-state index in [0.717, 1.165) is 0 Å². The molecule has 0 aliphatic rings. The van der Waals surface area contributed by atoms with Gasteiger partial charge in [0.2, 0.25) is 0 Å². The molecular weight excluding hydrogens is 320 g/mol. The van der Waals surface area contributed by atoms with E-state index in [9.17, 15) is 5.11 Å². The first-order valence-electron chi connectivity index (χ1n) is 7.96. The van der Waals surface area contributed by atoms with Crippen LogP contribution in [-0.4, -0.2) is 31.9 Å². The largest absolute Gasteiger partial charge is 0.406 e. The van der Waals surface area contributed by atoms with Crippen molar-refractivity contribution in [2.24, 2.45) is 0 Å². The summed E-state index contributed by atoms with van der Waals surface area (Å²) in [4.78, 5) is 0. The van der Waals surface area contributed by atoms with Crippen LogP contribution in [0, 0.1) is 0 Å². The summed E-state index contributed by atoms with van der Waals surface area (Å²) in [5.41, 5.74) is 0. The lowest BCUT2D eigenvalue weighted by molar-refractivity contribution is 0.234. The van der Waals surface area contributed by atoms with Crippen LogP contribution in [0.2, 0.25) is 5.04 Å². The maximum Gasteiger partial charge on any atom is 0.261 e. The number of hydrogen-bond acceptors (Lipinski definition) is 3. The quantitative estimate of drug-likeness (QED) is 0.622. The van der Waals surface area contributed by atoms with Crippen molar-refractivity contribution in [1.29, 1.82) is 0 Å². The van der Waals surface area contributed by atoms with Crippen LogP contribution < -0.4 is 10.4 Å². The Bertz CT molecular complexity index is 556. The molecule has 2 rings (SSSR count). The minimum Gasteiger partial charge on any atom is -0.406 e. The number of aliphatic hydroxyl groups is 1. The van der Waals surface area contributed by atoms with E-state index in [-0.39, 0.29) is 16.9 Å². The lowest BCUT2D eigenvalue weighted by Gasteiger charge is -2.43. The number of thiol groups is 1. The molecule has 23 heavy (non-hydrogen) atoms. The molecule has 2 aromatic rings. The highest BCUT2D eigenvalue weighted by Gasteiger charge is 2.50. The van der Waals surface area contributed by atoms with E-state index in [1.807, 2.05) is 12.1 Å². The molecule has 2 aromatic carbocycles. The smallest absolute Gasteiger partial charge is 0.261 e. The Labute approximate surface area is 146 Å². The van der Waals surface area contributed by atoms with Gasteiger partial charge in [-0.3, -0.25) is 0 Å². The van der Waals surface area contributed by atoms with Gasteiger partial charge in [0.15, 0.2) is 0 Å². The third-order valence-electron chi connectivity index (χ3n) is 4.12. The molecule has 124 valence electrons. The zero-order valence-electron chi connectivity index (χ0n) is 14.1. The minimum absolute atomic E-state index is 0.0152. The van der Waals surface area contributed by atoms with Crippen molar-refractivity contribution in [3.63, 3.8) is 0 Å². The highest BCUT2D eigenvalue weighted by atomic mass is 32.1. The molecule has 0 fully saturated rings. The van der Waals surface area contributed by atoms with Crippen molar-refractivity contribution in [2.75, 3.05) is 13.2 Å². The molecule has 1 unspecified atom stereocenters. The SMILES string of the molecule is CC(C)(C)[Si](OCC(S)CO)(c1ccccc1)c1ccccc1. The predicted octanol–water partition coefficient (Wildman–Crippen LogP) is 2.85. The molecule has 0 aliphatic carbocycles. The van der Waals surface area contributed by atoms with Gasteiger partial charge in [0, 0.05) is 11.9 Å². The van der Waals surface area contributed by atoms with E-state index in [4.69, 9.17) is 4.43 Å². The second-order valence-electron chi connectivity index (χ2n) is 6.81. The second kappa shape index (κ2) is 7.66. The van der Waals surface area contributed by atoms with E-state index in [1.165, 1.54) is 10.4 Å². The molecule has 0 radical (unpaired) electrons. The Morgan fingerprint density at radius 2 is 1.39 bits per heavy atom. The third kappa shape index (κ3) is 3.89. The van der Waals surface area contributed by atoms with Gasteiger partial charge in [-0.05, 0) is 15.4 Å². The van der Waals surface area contributed by atoms with Gasteiger partial charge in [-0.25, -0.2) is 0 Å². The molecule has 0 amide bonds. The topological polar surface area (TPSA) is 29.5 Å². The van der Waals surface area contributed by atoms with E-state index in [0.29, 0.717) is 6.61 Å². The van der Waals surface area contributed by atoms with Crippen molar-refractivity contribution in [3.05, 3.63) is 60.7 Å². The standard InChI is InChI=1S/C19H26O2SSi/c1-19(2,3)23(21-15-16(22)14-20,17-10-6-4-7-11-17)18-12-8-5-9-13-18/h4-13,16,20,22H,14-15H2,1-3H3. The number of aliphatic hydroxyl groups excluding tert-OH is 1. The first-order chi connectivity index (χ1) is 10.9. The van der Waals surface area contributed by atoms with Gasteiger partial charge >= 0.3 is 0 Å². The summed E-state index contributed by atoms with van der Waals surface area (Å²) in [7, 11) is -2.49. The van der Waals surface area contributed by atoms with Crippen LogP contribution in [0.15, 0.2) is 60.7 Å². The van der Waals surface area contributed by atoms with Gasteiger partial charge < -0.3 is 9.53 Å². The molecule has 0 heterocycles. The zero-order chi connectivity index (χ0) is 16.9. The van der Waals surface area contributed by atoms with Crippen LogP contribution in [0.5, 0.6) is 0 Å². The molecule has 0 bridgehead atoms. The average molecular weight is 347 g/mol. The monoisotopic (exact) mass is 346 g/mol. The van der Waals surface area contributed by atoms with Crippen molar-refractivity contribution in [3.8, 4) is 0 Å². The number of benzene rings is 2. The normalized spacial score (nSPS) is 13.8. The van der Waals surface area contributed by atoms with Crippen molar-refractivity contribution in [1.82, 2.24) is 0 Å². The third-order valence-corrected chi connectivity index (χ3v) is 9.44. The lowest BCUT2D eigenvalue weighted by Crippen LogP contribution is -2.67. The highest BCUT2D eigenvalue weighted by molar-refractivity contribution is 7.81. The number of hydrogen-bond donors (Lipinski definition) is 2. The van der Waals surface area contributed by atoms with Crippen molar-refractivity contribution >= 4 is 31.3 Å². The lowest BCUT2D eigenvalue weighted by atomic mass is 10.2. The van der Waals surface area contributed by atoms with Crippen LogP contribution >= 0.6 is 12.6 Å². The van der Waals surface area contributed by atoms with E-state index in [1.54, 1.807) is 0 Å². The Balaban J connectivity index is 2.60. The molecular formula is C19H26O2SSi. The fourth-order valence-electron chi connectivity index (χ4n) is 3.04. The van der Waals surface area contributed by atoms with E-state index < -0.39 is 8.32 Å². The summed E-state index contributed by atoms with van der Waals surface area (Å²) < 4.78 is 6.62. The fraction of sp³-hybridized carbons (Fsp3) is 0.368. The predicted molar refractivity (Wildman–Crippen MR) is 103 cm³/mol. The summed E-state index contributed by atoms with van der Waals surface area (Å²) in [6, 6.07) is 21.0. The summed E-state index contributed by atoms with van der Waals surface area (Å²) in [5.74, 6) is 0. The molecule has 1 N–H and O–H groups in total. The van der Waals surface area contributed by atoms with Gasteiger partial charge in [0.1, 0.15) is 0 Å².